The molecular weight excluding hydrogens is 234 g/mol. The predicted octanol–water partition coefficient (Wildman–Crippen LogP) is 2.80. The smallest absolute Gasteiger partial charge is 0.0850 e. The van der Waals surface area contributed by atoms with Gasteiger partial charge in [0.25, 0.3) is 0 Å². The van der Waals surface area contributed by atoms with Crippen LogP contribution in [-0.4, -0.2) is 22.4 Å². The van der Waals surface area contributed by atoms with Gasteiger partial charge in [0.2, 0.25) is 0 Å². The van der Waals surface area contributed by atoms with Gasteiger partial charge in [0.05, 0.1) is 16.4 Å². The van der Waals surface area contributed by atoms with Crippen LogP contribution in [0.4, 0.5) is 0 Å². The van der Waals surface area contributed by atoms with Gasteiger partial charge in [-0.25, -0.2) is 0 Å². The molecule has 0 bridgehead atoms. The van der Waals surface area contributed by atoms with Crippen LogP contribution in [0.25, 0.3) is 0 Å². The van der Waals surface area contributed by atoms with Gasteiger partial charge >= 0.3 is 0 Å². The average Bonchev–Trinajstić information content (AvgIpc) is 2.68. The van der Waals surface area contributed by atoms with Crippen molar-refractivity contribution in [3.8, 4) is 0 Å². The fraction of sp³-hybridized carbons (Fsp3) is 0.769. The molecule has 2 heterocycles. The lowest BCUT2D eigenvalue weighted by atomic mass is 10.0. The van der Waals surface area contributed by atoms with Gasteiger partial charge in [-0.05, 0) is 32.7 Å². The standard InChI is InChI=1S/C13H22ClN3/c1-3-11-13(14)12(17(4-2)16-11)9-10-7-5-6-8-15-10/h10,15H,3-9H2,1-2H3. The molecule has 17 heavy (non-hydrogen) atoms. The van der Waals surface area contributed by atoms with Crippen molar-refractivity contribution in [3.63, 3.8) is 0 Å². The van der Waals surface area contributed by atoms with Crippen LogP contribution in [0.2, 0.25) is 5.02 Å². The Hall–Kier alpha value is -0.540. The molecule has 1 aliphatic rings. The van der Waals surface area contributed by atoms with Crippen molar-refractivity contribution in [2.24, 2.45) is 0 Å². The van der Waals surface area contributed by atoms with E-state index in [4.69, 9.17) is 11.6 Å². The van der Waals surface area contributed by atoms with Crippen LogP contribution in [-0.2, 0) is 19.4 Å². The second-order valence-corrected chi connectivity index (χ2v) is 5.11. The van der Waals surface area contributed by atoms with E-state index in [1.807, 2.05) is 0 Å². The quantitative estimate of drug-likeness (QED) is 0.897. The van der Waals surface area contributed by atoms with Crippen molar-refractivity contribution in [1.82, 2.24) is 15.1 Å². The van der Waals surface area contributed by atoms with Gasteiger partial charge in [0.1, 0.15) is 0 Å². The highest BCUT2D eigenvalue weighted by molar-refractivity contribution is 6.31. The lowest BCUT2D eigenvalue weighted by Crippen LogP contribution is -2.36. The first-order valence-electron chi connectivity index (χ1n) is 6.73. The summed E-state index contributed by atoms with van der Waals surface area (Å²) in [6.07, 6.45) is 5.82. The second-order valence-electron chi connectivity index (χ2n) is 4.73. The lowest BCUT2D eigenvalue weighted by Gasteiger charge is -2.23. The Bertz CT molecular complexity index is 367. The molecule has 1 saturated heterocycles. The van der Waals surface area contributed by atoms with Crippen LogP contribution < -0.4 is 5.32 Å². The Morgan fingerprint density at radius 1 is 1.41 bits per heavy atom. The normalized spacial score (nSPS) is 20.8. The molecule has 1 aliphatic heterocycles. The van der Waals surface area contributed by atoms with Crippen molar-refractivity contribution in [2.75, 3.05) is 6.54 Å². The van der Waals surface area contributed by atoms with Crippen LogP contribution in [0.1, 0.15) is 44.5 Å². The maximum atomic E-state index is 6.42. The Morgan fingerprint density at radius 2 is 2.24 bits per heavy atom. The van der Waals surface area contributed by atoms with Gasteiger partial charge in [0.15, 0.2) is 0 Å². The van der Waals surface area contributed by atoms with Gasteiger partial charge in [-0.15, -0.1) is 0 Å². The van der Waals surface area contributed by atoms with Crippen LogP contribution in [0, 0.1) is 0 Å². The minimum Gasteiger partial charge on any atom is -0.314 e. The predicted molar refractivity (Wildman–Crippen MR) is 71.6 cm³/mol. The largest absolute Gasteiger partial charge is 0.314 e. The number of hydrogen-bond acceptors (Lipinski definition) is 2. The molecule has 1 atom stereocenters. The summed E-state index contributed by atoms with van der Waals surface area (Å²) in [6, 6.07) is 0.577. The van der Waals surface area contributed by atoms with Gasteiger partial charge in [-0.1, -0.05) is 24.9 Å². The molecule has 0 spiro atoms. The van der Waals surface area contributed by atoms with E-state index in [2.05, 4.69) is 28.9 Å². The van der Waals surface area contributed by atoms with E-state index >= 15 is 0 Å². The van der Waals surface area contributed by atoms with E-state index in [9.17, 15) is 0 Å². The van der Waals surface area contributed by atoms with Crippen LogP contribution in [0.15, 0.2) is 0 Å². The third-order valence-electron chi connectivity index (χ3n) is 3.55. The van der Waals surface area contributed by atoms with Crippen molar-refractivity contribution >= 4 is 11.6 Å². The molecule has 0 radical (unpaired) electrons. The molecule has 96 valence electrons. The molecule has 0 aromatic carbocycles. The molecule has 4 heteroatoms. The molecule has 1 aromatic rings. The van der Waals surface area contributed by atoms with E-state index in [1.54, 1.807) is 0 Å². The summed E-state index contributed by atoms with van der Waals surface area (Å²) in [5, 5.41) is 9.03. The number of nitrogens with one attached hydrogen (secondary N) is 1. The second kappa shape index (κ2) is 5.87. The highest BCUT2D eigenvalue weighted by Gasteiger charge is 2.20. The molecular formula is C13H22ClN3. The summed E-state index contributed by atoms with van der Waals surface area (Å²) >= 11 is 6.42. The first kappa shape index (κ1) is 12.9. The topological polar surface area (TPSA) is 29.9 Å². The molecule has 0 saturated carbocycles. The van der Waals surface area contributed by atoms with Gasteiger partial charge in [0, 0.05) is 19.0 Å². The number of nitrogens with zero attached hydrogens (tertiary/aromatic N) is 2. The monoisotopic (exact) mass is 255 g/mol. The number of aryl methyl sites for hydroxylation is 2. The Morgan fingerprint density at radius 3 is 2.82 bits per heavy atom. The molecule has 0 aliphatic carbocycles. The summed E-state index contributed by atoms with van der Waals surface area (Å²) in [6.45, 7) is 6.28. The molecule has 0 amide bonds. The third-order valence-corrected chi connectivity index (χ3v) is 3.98. The number of halogens is 1. The van der Waals surface area contributed by atoms with Crippen LogP contribution in [0.3, 0.4) is 0 Å². The maximum Gasteiger partial charge on any atom is 0.0850 e. The van der Waals surface area contributed by atoms with Crippen molar-refractivity contribution in [3.05, 3.63) is 16.4 Å². The molecule has 1 fully saturated rings. The maximum absolute atomic E-state index is 6.42. The molecule has 1 N–H and O–H groups in total. The van der Waals surface area contributed by atoms with E-state index in [-0.39, 0.29) is 0 Å². The van der Waals surface area contributed by atoms with Crippen LogP contribution >= 0.6 is 11.6 Å². The summed E-state index contributed by atoms with van der Waals surface area (Å²) < 4.78 is 2.07. The zero-order valence-corrected chi connectivity index (χ0v) is 11.6. The van der Waals surface area contributed by atoms with Gasteiger partial charge in [-0.2, -0.15) is 5.10 Å². The van der Waals surface area contributed by atoms with Crippen molar-refractivity contribution < 1.29 is 0 Å². The third kappa shape index (κ3) is 2.83. The summed E-state index contributed by atoms with van der Waals surface area (Å²) in [5.41, 5.74) is 2.25. The minimum atomic E-state index is 0.577. The zero-order valence-electron chi connectivity index (χ0n) is 10.8. The molecule has 3 nitrogen and oxygen atoms in total. The van der Waals surface area contributed by atoms with Crippen molar-refractivity contribution in [1.29, 1.82) is 0 Å². The number of rotatable bonds is 4. The van der Waals surface area contributed by atoms with E-state index < -0.39 is 0 Å². The lowest BCUT2D eigenvalue weighted by molar-refractivity contribution is 0.391. The molecule has 2 rings (SSSR count). The van der Waals surface area contributed by atoms with E-state index in [0.29, 0.717) is 6.04 Å². The fourth-order valence-corrected chi connectivity index (χ4v) is 2.89. The summed E-state index contributed by atoms with van der Waals surface area (Å²) in [5.74, 6) is 0. The van der Waals surface area contributed by atoms with Crippen molar-refractivity contribution in [2.45, 2.75) is 58.5 Å². The van der Waals surface area contributed by atoms with Crippen LogP contribution in [0.5, 0.6) is 0 Å². The minimum absolute atomic E-state index is 0.577. The highest BCUT2D eigenvalue weighted by Crippen LogP contribution is 2.24. The number of hydrogen-bond donors (Lipinski definition) is 1. The number of piperidine rings is 1. The first-order chi connectivity index (χ1) is 8.26. The summed E-state index contributed by atoms with van der Waals surface area (Å²) in [7, 11) is 0. The molecule has 1 unspecified atom stereocenters. The average molecular weight is 256 g/mol. The van der Waals surface area contributed by atoms with E-state index in [0.717, 1.165) is 36.6 Å². The fourth-order valence-electron chi connectivity index (χ4n) is 2.54. The Balaban J connectivity index is 2.15. The zero-order chi connectivity index (χ0) is 12.3. The van der Waals surface area contributed by atoms with Gasteiger partial charge in [-0.3, -0.25) is 4.68 Å². The molecule has 1 aromatic heterocycles. The SMILES string of the molecule is CCc1nn(CC)c(CC2CCCCN2)c1Cl. The first-order valence-corrected chi connectivity index (χ1v) is 7.11. The Kier molecular flexibility index (Phi) is 4.46. The Labute approximate surface area is 109 Å². The number of aromatic nitrogens is 2. The summed E-state index contributed by atoms with van der Waals surface area (Å²) in [4.78, 5) is 0. The highest BCUT2D eigenvalue weighted by atomic mass is 35.5. The van der Waals surface area contributed by atoms with E-state index in [1.165, 1.54) is 25.0 Å². The van der Waals surface area contributed by atoms with Gasteiger partial charge < -0.3 is 5.32 Å².